The van der Waals surface area contributed by atoms with E-state index in [1.54, 1.807) is 0 Å². The molecule has 0 aliphatic rings. The molecule has 3 heteroatoms. The Bertz CT molecular complexity index is 446. The van der Waals surface area contributed by atoms with Crippen LogP contribution in [-0.2, 0) is 6.54 Å². The van der Waals surface area contributed by atoms with E-state index < -0.39 is 0 Å². The summed E-state index contributed by atoms with van der Waals surface area (Å²) in [5.74, 6) is 1.66. The fourth-order valence-electron chi connectivity index (χ4n) is 1.70. The first-order valence-corrected chi connectivity index (χ1v) is 6.05. The second-order valence-electron chi connectivity index (χ2n) is 4.63. The Kier molecular flexibility index (Phi) is 3.94. The van der Waals surface area contributed by atoms with Gasteiger partial charge < -0.3 is 10.3 Å². The van der Waals surface area contributed by atoms with Gasteiger partial charge in [0.2, 0.25) is 0 Å². The minimum atomic E-state index is 0.665. The zero-order valence-electron chi connectivity index (χ0n) is 10.4. The highest BCUT2D eigenvalue weighted by atomic mass is 15.0. The largest absolute Gasteiger partial charge is 0.341 e. The molecule has 2 rings (SSSR count). The average molecular weight is 229 g/mol. The molecule has 0 atom stereocenters. The lowest BCUT2D eigenvalue weighted by Crippen LogP contribution is -2.19. The highest BCUT2D eigenvalue weighted by Gasteiger charge is 2.02. The van der Waals surface area contributed by atoms with Crippen LogP contribution in [0.25, 0.3) is 11.3 Å². The summed E-state index contributed by atoms with van der Waals surface area (Å²) >= 11 is 0. The topological polar surface area (TPSA) is 40.7 Å². The lowest BCUT2D eigenvalue weighted by molar-refractivity contribution is 0.545. The molecule has 0 saturated carbocycles. The molecule has 1 heterocycles. The second kappa shape index (κ2) is 5.64. The van der Waals surface area contributed by atoms with Gasteiger partial charge in [0.25, 0.3) is 0 Å². The smallest absolute Gasteiger partial charge is 0.120 e. The molecule has 0 amide bonds. The van der Waals surface area contributed by atoms with Crippen molar-refractivity contribution < 1.29 is 0 Å². The maximum Gasteiger partial charge on any atom is 0.120 e. The summed E-state index contributed by atoms with van der Waals surface area (Å²) in [6.45, 7) is 6.21. The summed E-state index contributed by atoms with van der Waals surface area (Å²) in [5, 5.41) is 3.37. The molecule has 0 spiro atoms. The van der Waals surface area contributed by atoms with E-state index in [0.29, 0.717) is 5.92 Å². The van der Waals surface area contributed by atoms with Gasteiger partial charge in [0, 0.05) is 0 Å². The fraction of sp³-hybridized carbons (Fsp3) is 0.357. The molecule has 2 N–H and O–H groups in total. The SMILES string of the molecule is CC(C)CNCc1ncc(-c2ccccc2)[nH]1. The average Bonchev–Trinajstić information content (AvgIpc) is 2.78. The molecular weight excluding hydrogens is 210 g/mol. The van der Waals surface area contributed by atoms with Crippen LogP contribution in [0.3, 0.4) is 0 Å². The number of hydrogen-bond donors (Lipinski definition) is 2. The highest BCUT2D eigenvalue weighted by Crippen LogP contribution is 2.15. The third-order valence-corrected chi connectivity index (χ3v) is 2.56. The minimum Gasteiger partial charge on any atom is -0.341 e. The van der Waals surface area contributed by atoms with Gasteiger partial charge in [0.1, 0.15) is 5.82 Å². The molecule has 17 heavy (non-hydrogen) atoms. The molecule has 0 bridgehead atoms. The molecule has 2 aromatic rings. The van der Waals surface area contributed by atoms with Crippen LogP contribution in [0.1, 0.15) is 19.7 Å². The standard InChI is InChI=1S/C14H19N3/c1-11(2)8-15-10-14-16-9-13(17-14)12-6-4-3-5-7-12/h3-7,9,11,15H,8,10H2,1-2H3,(H,16,17). The van der Waals surface area contributed by atoms with E-state index in [1.165, 1.54) is 5.56 Å². The first-order valence-electron chi connectivity index (χ1n) is 6.05. The number of aromatic amines is 1. The Morgan fingerprint density at radius 3 is 2.71 bits per heavy atom. The highest BCUT2D eigenvalue weighted by molar-refractivity contribution is 5.57. The van der Waals surface area contributed by atoms with Gasteiger partial charge in [-0.2, -0.15) is 0 Å². The fourth-order valence-corrected chi connectivity index (χ4v) is 1.70. The maximum atomic E-state index is 4.37. The van der Waals surface area contributed by atoms with E-state index in [4.69, 9.17) is 0 Å². The number of H-pyrrole nitrogens is 1. The van der Waals surface area contributed by atoms with Crippen molar-refractivity contribution in [3.63, 3.8) is 0 Å². The van der Waals surface area contributed by atoms with E-state index in [9.17, 15) is 0 Å². The summed E-state index contributed by atoms with van der Waals surface area (Å²) in [6, 6.07) is 10.3. The molecule has 1 aromatic heterocycles. The quantitative estimate of drug-likeness (QED) is 0.827. The minimum absolute atomic E-state index is 0.665. The summed E-state index contributed by atoms with van der Waals surface area (Å²) in [6.07, 6.45) is 1.89. The van der Waals surface area contributed by atoms with E-state index in [0.717, 1.165) is 24.6 Å². The van der Waals surface area contributed by atoms with Gasteiger partial charge in [-0.05, 0) is 18.0 Å². The number of rotatable bonds is 5. The molecule has 0 aliphatic heterocycles. The van der Waals surface area contributed by atoms with Gasteiger partial charge in [-0.15, -0.1) is 0 Å². The van der Waals surface area contributed by atoms with E-state index in [-0.39, 0.29) is 0 Å². The lowest BCUT2D eigenvalue weighted by atomic mass is 10.2. The Balaban J connectivity index is 1.97. The molecule has 90 valence electrons. The molecule has 0 aliphatic carbocycles. The number of nitrogens with zero attached hydrogens (tertiary/aromatic N) is 1. The van der Waals surface area contributed by atoms with Crippen molar-refractivity contribution in [1.29, 1.82) is 0 Å². The first-order chi connectivity index (χ1) is 8.25. The van der Waals surface area contributed by atoms with Crippen LogP contribution in [0.5, 0.6) is 0 Å². The van der Waals surface area contributed by atoms with Gasteiger partial charge in [-0.25, -0.2) is 4.98 Å². The van der Waals surface area contributed by atoms with E-state index in [2.05, 4.69) is 41.3 Å². The van der Waals surface area contributed by atoms with Gasteiger partial charge in [-0.3, -0.25) is 0 Å². The van der Waals surface area contributed by atoms with Crippen LogP contribution in [-0.4, -0.2) is 16.5 Å². The first kappa shape index (κ1) is 11.9. The van der Waals surface area contributed by atoms with Crippen molar-refractivity contribution in [2.24, 2.45) is 5.92 Å². The normalized spacial score (nSPS) is 11.0. The summed E-state index contributed by atoms with van der Waals surface area (Å²) in [7, 11) is 0. The second-order valence-corrected chi connectivity index (χ2v) is 4.63. The maximum absolute atomic E-state index is 4.37. The Morgan fingerprint density at radius 2 is 2.00 bits per heavy atom. The third-order valence-electron chi connectivity index (χ3n) is 2.56. The van der Waals surface area contributed by atoms with Gasteiger partial charge in [-0.1, -0.05) is 44.2 Å². The predicted molar refractivity (Wildman–Crippen MR) is 70.6 cm³/mol. The molecule has 3 nitrogen and oxygen atoms in total. The van der Waals surface area contributed by atoms with Crippen LogP contribution < -0.4 is 5.32 Å². The zero-order valence-corrected chi connectivity index (χ0v) is 10.4. The predicted octanol–water partition coefficient (Wildman–Crippen LogP) is 2.82. The molecule has 0 unspecified atom stereocenters. The van der Waals surface area contributed by atoms with Crippen molar-refractivity contribution in [1.82, 2.24) is 15.3 Å². The van der Waals surface area contributed by atoms with Crippen molar-refractivity contribution >= 4 is 0 Å². The molecular formula is C14H19N3. The number of aromatic nitrogens is 2. The number of imidazole rings is 1. The van der Waals surface area contributed by atoms with Crippen molar-refractivity contribution in [3.05, 3.63) is 42.4 Å². The van der Waals surface area contributed by atoms with Gasteiger partial charge >= 0.3 is 0 Å². The molecule has 0 radical (unpaired) electrons. The summed E-state index contributed by atoms with van der Waals surface area (Å²) in [5.41, 5.74) is 2.25. The number of nitrogens with one attached hydrogen (secondary N) is 2. The van der Waals surface area contributed by atoms with Crippen molar-refractivity contribution in [2.45, 2.75) is 20.4 Å². The number of hydrogen-bond acceptors (Lipinski definition) is 2. The molecule has 1 aromatic carbocycles. The zero-order chi connectivity index (χ0) is 12.1. The van der Waals surface area contributed by atoms with Crippen LogP contribution in [0, 0.1) is 5.92 Å². The van der Waals surface area contributed by atoms with E-state index >= 15 is 0 Å². The monoisotopic (exact) mass is 229 g/mol. The molecule has 0 fully saturated rings. The van der Waals surface area contributed by atoms with Gasteiger partial charge in [0.15, 0.2) is 0 Å². The van der Waals surface area contributed by atoms with Crippen LogP contribution in [0.15, 0.2) is 36.5 Å². The van der Waals surface area contributed by atoms with Crippen LogP contribution in [0.4, 0.5) is 0 Å². The lowest BCUT2D eigenvalue weighted by Gasteiger charge is -2.04. The van der Waals surface area contributed by atoms with E-state index in [1.807, 2.05) is 24.4 Å². The Labute approximate surface area is 102 Å². The summed E-state index contributed by atoms with van der Waals surface area (Å²) < 4.78 is 0. The molecule has 0 saturated heterocycles. The van der Waals surface area contributed by atoms with Crippen LogP contribution >= 0.6 is 0 Å². The number of benzene rings is 1. The third kappa shape index (κ3) is 3.43. The van der Waals surface area contributed by atoms with Crippen molar-refractivity contribution in [3.8, 4) is 11.3 Å². The van der Waals surface area contributed by atoms with Crippen LogP contribution in [0.2, 0.25) is 0 Å². The summed E-state index contributed by atoms with van der Waals surface area (Å²) in [4.78, 5) is 7.70. The van der Waals surface area contributed by atoms with Gasteiger partial charge in [0.05, 0.1) is 18.4 Å². The Morgan fingerprint density at radius 1 is 1.24 bits per heavy atom. The van der Waals surface area contributed by atoms with Crippen molar-refractivity contribution in [2.75, 3.05) is 6.54 Å². The Hall–Kier alpha value is -1.61.